The molecule has 0 spiro atoms. The minimum Gasteiger partial charge on any atom is -0.449 e. The van der Waals surface area contributed by atoms with Gasteiger partial charge in [-0.15, -0.1) is 0 Å². The van der Waals surface area contributed by atoms with Gasteiger partial charge in [0.05, 0.1) is 19.1 Å². The summed E-state index contributed by atoms with van der Waals surface area (Å²) in [6.45, 7) is 8.48. The Morgan fingerprint density at radius 2 is 1.48 bits per heavy atom. The number of benzene rings is 3. The predicted octanol–water partition coefficient (Wildman–Crippen LogP) is 6.53. The van der Waals surface area contributed by atoms with Crippen molar-refractivity contribution < 1.29 is 18.8 Å². The summed E-state index contributed by atoms with van der Waals surface area (Å²) in [5, 5.41) is 14.9. The third-order valence-electron chi connectivity index (χ3n) is 7.14. The summed E-state index contributed by atoms with van der Waals surface area (Å²) in [7, 11) is -1.57. The lowest BCUT2D eigenvalue weighted by molar-refractivity contribution is -0.121. The predicted molar refractivity (Wildman–Crippen MR) is 165 cm³/mol. The van der Waals surface area contributed by atoms with Crippen LogP contribution in [0.1, 0.15) is 56.7 Å². The van der Waals surface area contributed by atoms with Gasteiger partial charge in [-0.3, -0.25) is 9.88 Å². The maximum Gasteiger partial charge on any atom is 0.407 e. The molecular weight excluding hydrogens is 547 g/mol. The molecular formula is C33H39N4O4P. The molecule has 1 aliphatic rings. The van der Waals surface area contributed by atoms with Crippen molar-refractivity contribution >= 4 is 20.5 Å². The summed E-state index contributed by atoms with van der Waals surface area (Å²) in [6, 6.07) is 27.2. The van der Waals surface area contributed by atoms with Crippen LogP contribution in [0.25, 0.3) is 11.1 Å². The summed E-state index contributed by atoms with van der Waals surface area (Å²) in [5.74, 6) is -0.460. The van der Waals surface area contributed by atoms with Crippen LogP contribution in [-0.2, 0) is 20.5 Å². The zero-order chi connectivity index (χ0) is 30.1. The Morgan fingerprint density at radius 1 is 0.905 bits per heavy atom. The van der Waals surface area contributed by atoms with Gasteiger partial charge in [0.1, 0.15) is 12.6 Å². The largest absolute Gasteiger partial charge is 0.449 e. The van der Waals surface area contributed by atoms with Crippen molar-refractivity contribution in [2.24, 2.45) is 0 Å². The van der Waals surface area contributed by atoms with E-state index in [1.54, 1.807) is 0 Å². The van der Waals surface area contributed by atoms with Gasteiger partial charge in [0.25, 0.3) is 0 Å². The lowest BCUT2D eigenvalue weighted by Gasteiger charge is -2.37. The van der Waals surface area contributed by atoms with Gasteiger partial charge in [-0.05, 0) is 55.5 Å². The molecule has 0 aliphatic heterocycles. The second-order valence-corrected chi connectivity index (χ2v) is 12.3. The van der Waals surface area contributed by atoms with E-state index in [1.807, 2.05) is 82.3 Å². The first-order valence-electron chi connectivity index (χ1n) is 14.3. The normalized spacial score (nSPS) is 13.8. The molecule has 2 atom stereocenters. The smallest absolute Gasteiger partial charge is 0.407 e. The molecule has 0 aromatic heterocycles. The van der Waals surface area contributed by atoms with E-state index in [4.69, 9.17) is 14.5 Å². The van der Waals surface area contributed by atoms with Gasteiger partial charge in [0.2, 0.25) is 14.4 Å². The van der Waals surface area contributed by atoms with E-state index in [9.17, 15) is 9.59 Å². The molecule has 220 valence electrons. The zero-order valence-corrected chi connectivity index (χ0v) is 25.5. The fourth-order valence-electron chi connectivity index (χ4n) is 5.36. The number of hydrogen-bond acceptors (Lipinski definition) is 6. The maximum atomic E-state index is 13.7. The fourth-order valence-corrected chi connectivity index (χ4v) is 7.12. The number of alkyl carbamates (subject to hydrolysis) is 1. The zero-order valence-electron chi connectivity index (χ0n) is 24.6. The first-order chi connectivity index (χ1) is 20.3. The highest BCUT2D eigenvalue weighted by Gasteiger charge is 2.32. The Morgan fingerprint density at radius 3 is 2.05 bits per heavy atom. The highest BCUT2D eigenvalue weighted by molar-refractivity contribution is 7.48. The number of nitrogens with zero attached hydrogens (tertiary/aromatic N) is 2. The van der Waals surface area contributed by atoms with Gasteiger partial charge in [-0.2, -0.15) is 5.26 Å². The average molecular weight is 587 g/mol. The van der Waals surface area contributed by atoms with E-state index in [0.29, 0.717) is 0 Å². The monoisotopic (exact) mass is 586 g/mol. The number of fused-ring (bicyclic) bond motifs is 3. The van der Waals surface area contributed by atoms with Crippen molar-refractivity contribution in [3.05, 3.63) is 95.6 Å². The molecule has 8 nitrogen and oxygen atoms in total. The van der Waals surface area contributed by atoms with Crippen molar-refractivity contribution in [2.45, 2.75) is 64.6 Å². The van der Waals surface area contributed by atoms with E-state index in [0.717, 1.165) is 27.8 Å². The van der Waals surface area contributed by atoms with Crippen LogP contribution < -0.4 is 10.4 Å². The Labute approximate surface area is 250 Å². The molecule has 2 amide bonds. The average Bonchev–Trinajstić information content (AvgIpc) is 3.29. The number of nitriles is 1. The standard InChI is InChI=1S/C33H39N4O4P/c1-23(2)37(24(3)4)42(41-20-12-19-34)36-32(38)31(21-25-13-6-5-7-14-25)35-33(39)40-22-30-28-17-10-8-15-26(28)27-16-9-11-18-29(27)30/h5-11,13-18,23-24,30-31H,12,20-22H2,1-4H3,(H,35,39)(H,36,38)/t31-,42?/m0/s1. The summed E-state index contributed by atoms with van der Waals surface area (Å²) in [5.41, 5.74) is 5.43. The SMILES string of the molecule is CC(C)N(C(C)C)P(NC(=O)[C@H](Cc1ccccc1)NC(=O)OCC1c2ccccc2-c2ccccc21)OCCC#N. The molecule has 0 bridgehead atoms. The molecule has 4 rings (SSSR count). The lowest BCUT2D eigenvalue weighted by atomic mass is 9.98. The van der Waals surface area contributed by atoms with E-state index >= 15 is 0 Å². The number of hydrogen-bond donors (Lipinski definition) is 2. The Balaban J connectivity index is 1.49. The second-order valence-electron chi connectivity index (χ2n) is 10.8. The molecule has 0 radical (unpaired) electrons. The van der Waals surface area contributed by atoms with Crippen LogP contribution in [0.5, 0.6) is 0 Å². The third kappa shape index (κ3) is 7.74. The highest BCUT2D eigenvalue weighted by Crippen LogP contribution is 2.44. The number of ether oxygens (including phenoxy) is 1. The van der Waals surface area contributed by atoms with Crippen molar-refractivity contribution in [1.82, 2.24) is 15.1 Å². The van der Waals surface area contributed by atoms with Crippen molar-refractivity contribution in [2.75, 3.05) is 13.2 Å². The summed E-state index contributed by atoms with van der Waals surface area (Å²) < 4.78 is 13.9. The Hall–Kier alpha value is -3.76. The van der Waals surface area contributed by atoms with Crippen molar-refractivity contribution in [3.63, 3.8) is 0 Å². The van der Waals surface area contributed by atoms with Gasteiger partial charge < -0.3 is 14.6 Å². The minimum absolute atomic E-state index is 0.0844. The highest BCUT2D eigenvalue weighted by atomic mass is 31.2. The fraction of sp³-hybridized carbons (Fsp3) is 0.364. The molecule has 0 saturated heterocycles. The van der Waals surface area contributed by atoms with E-state index in [-0.39, 0.29) is 50.0 Å². The van der Waals surface area contributed by atoms with Crippen molar-refractivity contribution in [3.8, 4) is 17.2 Å². The molecule has 3 aromatic carbocycles. The molecule has 1 unspecified atom stereocenters. The number of rotatable bonds is 13. The van der Waals surface area contributed by atoms with Gasteiger partial charge in [0.15, 0.2) is 0 Å². The van der Waals surface area contributed by atoms with Crippen molar-refractivity contribution in [1.29, 1.82) is 5.26 Å². The quantitative estimate of drug-likeness (QED) is 0.174. The van der Waals surface area contributed by atoms with Crippen LogP contribution in [0, 0.1) is 11.3 Å². The van der Waals surface area contributed by atoms with Crippen LogP contribution in [0.3, 0.4) is 0 Å². The first kappa shape index (κ1) is 31.2. The van der Waals surface area contributed by atoms with Crippen LogP contribution in [0.2, 0.25) is 0 Å². The number of amides is 2. The van der Waals surface area contributed by atoms with E-state index < -0.39 is 20.6 Å². The summed E-state index contributed by atoms with van der Waals surface area (Å²) >= 11 is 0. The molecule has 0 saturated carbocycles. The second kappa shape index (κ2) is 14.9. The van der Waals surface area contributed by atoms with Gasteiger partial charge in [0, 0.05) is 24.4 Å². The Kier molecular flexibility index (Phi) is 11.1. The van der Waals surface area contributed by atoms with Crippen LogP contribution in [-0.4, -0.2) is 48.0 Å². The molecule has 9 heteroatoms. The van der Waals surface area contributed by atoms with Gasteiger partial charge >= 0.3 is 6.09 Å². The number of carbonyl (C=O) groups is 2. The van der Waals surface area contributed by atoms with Gasteiger partial charge in [-0.25, -0.2) is 9.46 Å². The van der Waals surface area contributed by atoms with Crippen LogP contribution >= 0.6 is 8.45 Å². The topological polar surface area (TPSA) is 104 Å². The number of nitrogens with one attached hydrogen (secondary N) is 2. The number of carbonyl (C=O) groups excluding carboxylic acids is 2. The summed E-state index contributed by atoms with van der Waals surface area (Å²) in [6.07, 6.45) is -0.168. The molecule has 1 aliphatic carbocycles. The maximum absolute atomic E-state index is 13.7. The lowest BCUT2D eigenvalue weighted by Crippen LogP contribution is -2.49. The molecule has 42 heavy (non-hydrogen) atoms. The molecule has 0 fully saturated rings. The molecule has 3 aromatic rings. The Bertz CT molecular complexity index is 1340. The molecule has 0 heterocycles. The first-order valence-corrected chi connectivity index (χ1v) is 15.6. The van der Waals surface area contributed by atoms with Gasteiger partial charge in [-0.1, -0.05) is 78.9 Å². The van der Waals surface area contributed by atoms with E-state index in [1.165, 1.54) is 0 Å². The third-order valence-corrected chi connectivity index (χ3v) is 9.32. The minimum atomic E-state index is -1.57. The molecule has 2 N–H and O–H groups in total. The van der Waals surface area contributed by atoms with E-state index in [2.05, 4.69) is 45.4 Å². The van der Waals surface area contributed by atoms with Crippen LogP contribution in [0.15, 0.2) is 78.9 Å². The summed E-state index contributed by atoms with van der Waals surface area (Å²) in [4.78, 5) is 26.9. The van der Waals surface area contributed by atoms with Crippen LogP contribution in [0.4, 0.5) is 4.79 Å².